The third-order valence-electron chi connectivity index (χ3n) is 2.25. The van der Waals surface area contributed by atoms with Crippen LogP contribution in [0.4, 0.5) is 0 Å². The molecule has 0 bridgehead atoms. The number of hydrogen-bond acceptors (Lipinski definition) is 3. The van der Waals surface area contributed by atoms with Crippen molar-refractivity contribution in [3.8, 4) is 0 Å². The number of nitrogens with two attached hydrogens (primary N) is 1. The van der Waals surface area contributed by atoms with Crippen LogP contribution in [0.3, 0.4) is 0 Å². The van der Waals surface area contributed by atoms with Crippen molar-refractivity contribution < 1.29 is 9.52 Å². The van der Waals surface area contributed by atoms with Crippen LogP contribution in [0.25, 0.3) is 11.0 Å². The molecule has 3 N–H and O–H groups in total. The van der Waals surface area contributed by atoms with Gasteiger partial charge in [0.25, 0.3) is 0 Å². The van der Waals surface area contributed by atoms with Crippen LogP contribution < -0.4 is 5.73 Å². The fourth-order valence-electron chi connectivity index (χ4n) is 1.51. The van der Waals surface area contributed by atoms with Crippen LogP contribution in [-0.4, -0.2) is 17.8 Å². The fourth-order valence-corrected chi connectivity index (χ4v) is 1.51. The first-order chi connectivity index (χ1) is 6.79. The van der Waals surface area contributed by atoms with Gasteiger partial charge in [0.2, 0.25) is 0 Å². The van der Waals surface area contributed by atoms with E-state index in [4.69, 9.17) is 15.3 Å². The summed E-state index contributed by atoms with van der Waals surface area (Å²) in [5.41, 5.74) is 7.66. The summed E-state index contributed by atoms with van der Waals surface area (Å²) in [4.78, 5) is 0. The molecule has 0 aliphatic carbocycles. The summed E-state index contributed by atoms with van der Waals surface area (Å²) in [5.74, 6) is 0. The summed E-state index contributed by atoms with van der Waals surface area (Å²) in [7, 11) is 0. The van der Waals surface area contributed by atoms with Gasteiger partial charge in [-0.05, 0) is 30.2 Å². The van der Waals surface area contributed by atoms with E-state index in [0.717, 1.165) is 16.5 Å². The van der Waals surface area contributed by atoms with Crippen LogP contribution in [0.5, 0.6) is 0 Å². The van der Waals surface area contributed by atoms with E-state index in [1.165, 1.54) is 0 Å². The molecule has 2 aromatic rings. The minimum absolute atomic E-state index is 0. The minimum Gasteiger partial charge on any atom is -0.464 e. The average Bonchev–Trinajstić information content (AvgIpc) is 2.64. The highest BCUT2D eigenvalue weighted by Crippen LogP contribution is 2.17. The normalized spacial score (nSPS) is 12.4. The Morgan fingerprint density at radius 2 is 2.13 bits per heavy atom. The van der Waals surface area contributed by atoms with E-state index in [1.807, 2.05) is 24.3 Å². The molecule has 2 rings (SSSR count). The molecule has 0 amide bonds. The lowest BCUT2D eigenvalue weighted by molar-refractivity contribution is 0.265. The molecule has 1 aromatic heterocycles. The van der Waals surface area contributed by atoms with Gasteiger partial charge in [-0.15, -0.1) is 12.4 Å². The molecule has 1 heterocycles. The van der Waals surface area contributed by atoms with Crippen molar-refractivity contribution in [2.75, 3.05) is 6.61 Å². The maximum absolute atomic E-state index is 8.83. The molecule has 15 heavy (non-hydrogen) atoms. The van der Waals surface area contributed by atoms with Gasteiger partial charge >= 0.3 is 0 Å². The monoisotopic (exact) mass is 227 g/mol. The third kappa shape index (κ3) is 2.72. The number of aliphatic hydroxyl groups is 1. The Balaban J connectivity index is 0.00000112. The predicted octanol–water partition coefficient (Wildman–Crippen LogP) is 1.72. The van der Waals surface area contributed by atoms with Crippen LogP contribution in [0, 0.1) is 0 Å². The molecule has 0 aliphatic heterocycles. The second-order valence-corrected chi connectivity index (χ2v) is 3.44. The first-order valence-electron chi connectivity index (χ1n) is 4.62. The number of benzene rings is 1. The lowest BCUT2D eigenvalue weighted by Crippen LogP contribution is -2.26. The van der Waals surface area contributed by atoms with Crippen LogP contribution in [0.2, 0.25) is 0 Å². The van der Waals surface area contributed by atoms with Crippen LogP contribution in [0.1, 0.15) is 5.56 Å². The average molecular weight is 228 g/mol. The van der Waals surface area contributed by atoms with Gasteiger partial charge in [0.05, 0.1) is 12.9 Å². The van der Waals surface area contributed by atoms with Gasteiger partial charge < -0.3 is 15.3 Å². The first kappa shape index (κ1) is 12.0. The van der Waals surface area contributed by atoms with Crippen molar-refractivity contribution in [3.05, 3.63) is 36.1 Å². The number of fused-ring (bicyclic) bond motifs is 1. The summed E-state index contributed by atoms with van der Waals surface area (Å²) in [6, 6.07) is 7.67. The Labute approximate surface area is 94.3 Å². The van der Waals surface area contributed by atoms with Gasteiger partial charge in [0, 0.05) is 11.4 Å². The molecular formula is C11H14ClNO2. The summed E-state index contributed by atoms with van der Waals surface area (Å²) in [5, 5.41) is 9.90. The maximum Gasteiger partial charge on any atom is 0.133 e. The van der Waals surface area contributed by atoms with Crippen LogP contribution in [0.15, 0.2) is 34.9 Å². The molecule has 0 aliphatic rings. The van der Waals surface area contributed by atoms with E-state index in [-0.39, 0.29) is 25.1 Å². The molecule has 0 saturated heterocycles. The van der Waals surface area contributed by atoms with Crippen molar-refractivity contribution in [1.29, 1.82) is 0 Å². The second kappa shape index (κ2) is 5.16. The highest BCUT2D eigenvalue weighted by molar-refractivity contribution is 5.85. The Morgan fingerprint density at radius 1 is 1.33 bits per heavy atom. The number of rotatable bonds is 3. The summed E-state index contributed by atoms with van der Waals surface area (Å²) >= 11 is 0. The zero-order valence-corrected chi connectivity index (χ0v) is 9.04. The first-order valence-corrected chi connectivity index (χ1v) is 4.62. The molecule has 0 saturated carbocycles. The number of halogens is 1. The topological polar surface area (TPSA) is 59.4 Å². The van der Waals surface area contributed by atoms with E-state index in [2.05, 4.69) is 0 Å². The second-order valence-electron chi connectivity index (χ2n) is 3.44. The van der Waals surface area contributed by atoms with E-state index < -0.39 is 0 Å². The number of hydrogen-bond donors (Lipinski definition) is 2. The van der Waals surface area contributed by atoms with E-state index >= 15 is 0 Å². The standard InChI is InChI=1S/C11H13NO2.ClH/c12-10(7-13)6-8-1-2-11-9(5-8)3-4-14-11;/h1-5,10,13H,6-7,12H2;1H. The van der Waals surface area contributed by atoms with Gasteiger partial charge in [0.15, 0.2) is 0 Å². The van der Waals surface area contributed by atoms with Crippen LogP contribution in [-0.2, 0) is 6.42 Å². The highest BCUT2D eigenvalue weighted by atomic mass is 35.5. The molecule has 1 aromatic carbocycles. The molecule has 0 spiro atoms. The van der Waals surface area contributed by atoms with Gasteiger partial charge in [-0.2, -0.15) is 0 Å². The number of aliphatic hydroxyl groups excluding tert-OH is 1. The molecule has 1 atom stereocenters. The van der Waals surface area contributed by atoms with Gasteiger partial charge in [-0.25, -0.2) is 0 Å². The van der Waals surface area contributed by atoms with E-state index in [1.54, 1.807) is 6.26 Å². The Bertz CT molecular complexity index is 427. The maximum atomic E-state index is 8.83. The smallest absolute Gasteiger partial charge is 0.133 e. The van der Waals surface area contributed by atoms with Gasteiger partial charge in [-0.3, -0.25) is 0 Å². The van der Waals surface area contributed by atoms with Gasteiger partial charge in [-0.1, -0.05) is 6.07 Å². The fraction of sp³-hybridized carbons (Fsp3) is 0.273. The van der Waals surface area contributed by atoms with Crippen LogP contribution >= 0.6 is 12.4 Å². The van der Waals surface area contributed by atoms with Crippen molar-refractivity contribution in [2.24, 2.45) is 5.73 Å². The summed E-state index contributed by atoms with van der Waals surface area (Å²) in [6.07, 6.45) is 2.36. The van der Waals surface area contributed by atoms with Crippen molar-refractivity contribution >= 4 is 23.4 Å². The molecule has 0 fully saturated rings. The lowest BCUT2D eigenvalue weighted by Gasteiger charge is -2.07. The van der Waals surface area contributed by atoms with E-state index in [9.17, 15) is 0 Å². The molecule has 82 valence electrons. The Morgan fingerprint density at radius 3 is 2.87 bits per heavy atom. The summed E-state index contributed by atoms with van der Waals surface area (Å²) in [6.45, 7) is 0.0173. The predicted molar refractivity (Wildman–Crippen MR) is 62.2 cm³/mol. The third-order valence-corrected chi connectivity index (χ3v) is 2.25. The zero-order valence-electron chi connectivity index (χ0n) is 8.22. The van der Waals surface area contributed by atoms with E-state index in [0.29, 0.717) is 6.42 Å². The Kier molecular flexibility index (Phi) is 4.15. The van der Waals surface area contributed by atoms with Crippen molar-refractivity contribution in [3.63, 3.8) is 0 Å². The Hall–Kier alpha value is -1.03. The largest absolute Gasteiger partial charge is 0.464 e. The zero-order chi connectivity index (χ0) is 9.97. The number of furan rings is 1. The minimum atomic E-state index is -0.181. The summed E-state index contributed by atoms with van der Waals surface area (Å²) < 4.78 is 5.22. The highest BCUT2D eigenvalue weighted by Gasteiger charge is 2.03. The molecule has 3 nitrogen and oxygen atoms in total. The molecular weight excluding hydrogens is 214 g/mol. The van der Waals surface area contributed by atoms with Crippen molar-refractivity contribution in [1.82, 2.24) is 0 Å². The van der Waals surface area contributed by atoms with Crippen molar-refractivity contribution in [2.45, 2.75) is 12.5 Å². The lowest BCUT2D eigenvalue weighted by atomic mass is 10.1. The molecule has 4 heteroatoms. The molecule has 0 radical (unpaired) electrons. The SMILES string of the molecule is Cl.NC(CO)Cc1ccc2occc2c1. The van der Waals surface area contributed by atoms with Gasteiger partial charge in [0.1, 0.15) is 5.58 Å². The molecule has 1 unspecified atom stereocenters. The quantitative estimate of drug-likeness (QED) is 0.840.